The second kappa shape index (κ2) is 6.94. The van der Waals surface area contributed by atoms with E-state index in [2.05, 4.69) is 4.74 Å². The lowest BCUT2D eigenvalue weighted by Crippen LogP contribution is -2.25. The SMILES string of the molecule is Fc1ccc(OC(F)(F)c2c(F)cc(-c3ccc(F)cc3F)cc2F)cc1. The molecule has 0 spiro atoms. The van der Waals surface area contributed by atoms with Gasteiger partial charge in [0.25, 0.3) is 0 Å². The van der Waals surface area contributed by atoms with E-state index in [1.54, 1.807) is 0 Å². The first kappa shape index (κ1) is 18.8. The Morgan fingerprint density at radius 2 is 1.19 bits per heavy atom. The maximum Gasteiger partial charge on any atom is 0.432 e. The molecule has 0 bridgehead atoms. The molecule has 0 aromatic heterocycles. The predicted molar refractivity (Wildman–Crippen MR) is 82.6 cm³/mol. The minimum Gasteiger partial charge on any atom is -0.429 e. The molecule has 0 aliphatic carbocycles. The molecule has 3 aromatic carbocycles. The van der Waals surface area contributed by atoms with E-state index in [0.29, 0.717) is 18.2 Å². The van der Waals surface area contributed by atoms with Gasteiger partial charge in [-0.1, -0.05) is 0 Å². The van der Waals surface area contributed by atoms with Crippen molar-refractivity contribution in [1.82, 2.24) is 0 Å². The fraction of sp³-hybridized carbons (Fsp3) is 0.0526. The lowest BCUT2D eigenvalue weighted by atomic mass is 10.0. The number of benzene rings is 3. The molecule has 8 heteroatoms. The Balaban J connectivity index is 2.00. The van der Waals surface area contributed by atoms with Crippen molar-refractivity contribution in [2.24, 2.45) is 0 Å². The highest BCUT2D eigenvalue weighted by atomic mass is 19.3. The van der Waals surface area contributed by atoms with Crippen LogP contribution in [0.5, 0.6) is 5.75 Å². The van der Waals surface area contributed by atoms with Gasteiger partial charge >= 0.3 is 6.11 Å². The first-order chi connectivity index (χ1) is 12.7. The van der Waals surface area contributed by atoms with Gasteiger partial charge in [-0.25, -0.2) is 22.0 Å². The van der Waals surface area contributed by atoms with Crippen molar-refractivity contribution in [3.05, 3.63) is 89.2 Å². The molecule has 27 heavy (non-hydrogen) atoms. The van der Waals surface area contributed by atoms with Crippen molar-refractivity contribution in [2.45, 2.75) is 6.11 Å². The number of halogens is 7. The van der Waals surface area contributed by atoms with Gasteiger partial charge in [0.15, 0.2) is 0 Å². The van der Waals surface area contributed by atoms with Crippen LogP contribution >= 0.6 is 0 Å². The average molecular weight is 386 g/mol. The monoisotopic (exact) mass is 386 g/mol. The summed E-state index contributed by atoms with van der Waals surface area (Å²) in [5.41, 5.74) is -2.47. The molecule has 0 saturated heterocycles. The molecule has 3 rings (SSSR count). The molecule has 0 fully saturated rings. The largest absolute Gasteiger partial charge is 0.432 e. The Morgan fingerprint density at radius 1 is 0.630 bits per heavy atom. The highest BCUT2D eigenvalue weighted by Crippen LogP contribution is 2.37. The van der Waals surface area contributed by atoms with Crippen LogP contribution in [0.3, 0.4) is 0 Å². The van der Waals surface area contributed by atoms with Crippen LogP contribution in [-0.2, 0) is 6.11 Å². The summed E-state index contributed by atoms with van der Waals surface area (Å²) in [7, 11) is 0. The number of alkyl halides is 2. The van der Waals surface area contributed by atoms with Crippen molar-refractivity contribution in [3.8, 4) is 16.9 Å². The molecule has 140 valence electrons. The first-order valence-corrected chi connectivity index (χ1v) is 7.45. The van der Waals surface area contributed by atoms with Crippen molar-refractivity contribution in [2.75, 3.05) is 0 Å². The zero-order valence-corrected chi connectivity index (χ0v) is 13.3. The fourth-order valence-electron chi connectivity index (χ4n) is 2.43. The maximum atomic E-state index is 14.2. The van der Waals surface area contributed by atoms with E-state index in [0.717, 1.165) is 36.4 Å². The van der Waals surface area contributed by atoms with E-state index in [9.17, 15) is 30.7 Å². The summed E-state index contributed by atoms with van der Waals surface area (Å²) in [6.07, 6.45) is -4.42. The quantitative estimate of drug-likeness (QED) is 0.487. The standard InChI is InChI=1S/C19H9F7O/c20-11-1-4-13(5-2-11)27-19(25,26)18-16(23)7-10(8-17(18)24)14-6-3-12(21)9-15(14)22/h1-9H. The predicted octanol–water partition coefficient (Wildman–Crippen LogP) is 6.18. The molecular formula is C19H9F7O. The summed E-state index contributed by atoms with van der Waals surface area (Å²) in [6.45, 7) is 0. The van der Waals surface area contributed by atoms with Gasteiger partial charge in [0, 0.05) is 11.6 Å². The maximum absolute atomic E-state index is 14.2. The Hall–Kier alpha value is -3.03. The number of hydrogen-bond donors (Lipinski definition) is 0. The smallest absolute Gasteiger partial charge is 0.429 e. The molecule has 1 nitrogen and oxygen atoms in total. The summed E-state index contributed by atoms with van der Waals surface area (Å²) in [5.74, 6) is -6.65. The Morgan fingerprint density at radius 3 is 1.74 bits per heavy atom. The Kier molecular flexibility index (Phi) is 4.82. The van der Waals surface area contributed by atoms with Crippen LogP contribution < -0.4 is 4.74 Å². The average Bonchev–Trinajstić information content (AvgIpc) is 2.55. The van der Waals surface area contributed by atoms with Gasteiger partial charge in [0.05, 0.1) is 0 Å². The molecular weight excluding hydrogens is 377 g/mol. The molecule has 0 radical (unpaired) electrons. The summed E-state index contributed by atoms with van der Waals surface area (Å²) in [5, 5.41) is 0. The molecule has 0 saturated carbocycles. The highest BCUT2D eigenvalue weighted by Gasteiger charge is 2.41. The van der Waals surface area contributed by atoms with Gasteiger partial charge in [-0.05, 0) is 54.1 Å². The lowest BCUT2D eigenvalue weighted by molar-refractivity contribution is -0.189. The molecule has 0 aliphatic heterocycles. The lowest BCUT2D eigenvalue weighted by Gasteiger charge is -2.20. The van der Waals surface area contributed by atoms with Gasteiger partial charge in [-0.3, -0.25) is 0 Å². The van der Waals surface area contributed by atoms with E-state index >= 15 is 0 Å². The number of rotatable bonds is 4. The zero-order valence-electron chi connectivity index (χ0n) is 13.3. The molecule has 0 N–H and O–H groups in total. The third-order valence-electron chi connectivity index (χ3n) is 3.63. The van der Waals surface area contributed by atoms with E-state index in [4.69, 9.17) is 0 Å². The van der Waals surface area contributed by atoms with E-state index in [-0.39, 0.29) is 5.56 Å². The van der Waals surface area contributed by atoms with Gasteiger partial charge in [-0.2, -0.15) is 8.78 Å². The van der Waals surface area contributed by atoms with Gasteiger partial charge in [0.1, 0.15) is 40.4 Å². The third-order valence-corrected chi connectivity index (χ3v) is 3.63. The summed E-state index contributed by atoms with van der Waals surface area (Å²) >= 11 is 0. The first-order valence-electron chi connectivity index (χ1n) is 7.45. The van der Waals surface area contributed by atoms with Crippen LogP contribution in [0, 0.1) is 29.1 Å². The summed E-state index contributed by atoms with van der Waals surface area (Å²) in [4.78, 5) is 0. The topological polar surface area (TPSA) is 9.23 Å². The normalized spacial score (nSPS) is 11.5. The summed E-state index contributed by atoms with van der Waals surface area (Å²) < 4.78 is 101. The molecule has 0 aliphatic rings. The molecule has 0 amide bonds. The van der Waals surface area contributed by atoms with Crippen LogP contribution in [0.25, 0.3) is 11.1 Å². The van der Waals surface area contributed by atoms with Gasteiger partial charge in [0.2, 0.25) is 0 Å². The van der Waals surface area contributed by atoms with Crippen LogP contribution in [0.15, 0.2) is 54.6 Å². The van der Waals surface area contributed by atoms with E-state index in [1.165, 1.54) is 0 Å². The minimum absolute atomic E-state index is 0.372. The molecule has 0 unspecified atom stereocenters. The van der Waals surface area contributed by atoms with Crippen molar-refractivity contribution in [3.63, 3.8) is 0 Å². The van der Waals surface area contributed by atoms with Crippen LogP contribution in [-0.4, -0.2) is 0 Å². The van der Waals surface area contributed by atoms with Gasteiger partial charge in [-0.15, -0.1) is 0 Å². The molecule has 0 heterocycles. The second-order valence-electron chi connectivity index (χ2n) is 5.51. The highest BCUT2D eigenvalue weighted by molar-refractivity contribution is 5.65. The van der Waals surface area contributed by atoms with E-state index in [1.807, 2.05) is 0 Å². The van der Waals surface area contributed by atoms with Crippen LogP contribution in [0.2, 0.25) is 0 Å². The minimum atomic E-state index is -4.42. The molecule has 0 atom stereocenters. The van der Waals surface area contributed by atoms with Crippen molar-refractivity contribution in [1.29, 1.82) is 0 Å². The van der Waals surface area contributed by atoms with Crippen molar-refractivity contribution < 1.29 is 35.5 Å². The van der Waals surface area contributed by atoms with Crippen LogP contribution in [0.4, 0.5) is 30.7 Å². The zero-order chi connectivity index (χ0) is 19.8. The van der Waals surface area contributed by atoms with E-state index < -0.39 is 52.1 Å². The Labute approximate surface area is 148 Å². The van der Waals surface area contributed by atoms with Crippen LogP contribution in [0.1, 0.15) is 5.56 Å². The second-order valence-corrected chi connectivity index (χ2v) is 5.51. The number of hydrogen-bond acceptors (Lipinski definition) is 1. The number of ether oxygens (including phenoxy) is 1. The van der Waals surface area contributed by atoms with Gasteiger partial charge < -0.3 is 4.74 Å². The fourth-order valence-corrected chi connectivity index (χ4v) is 2.43. The van der Waals surface area contributed by atoms with Crippen molar-refractivity contribution >= 4 is 0 Å². The third kappa shape index (κ3) is 3.89. The summed E-state index contributed by atoms with van der Waals surface area (Å²) in [6, 6.07) is 6.62. The Bertz CT molecular complexity index is 961. The molecule has 3 aromatic rings.